The van der Waals surface area contributed by atoms with Gasteiger partial charge in [-0.05, 0) is 19.8 Å². The minimum Gasteiger partial charge on any atom is -0.393 e. The van der Waals surface area contributed by atoms with Crippen LogP contribution in [-0.4, -0.2) is 22.1 Å². The van der Waals surface area contributed by atoms with E-state index in [1.54, 1.807) is 0 Å². The quantitative estimate of drug-likeness (QED) is 0.0941. The monoisotopic (exact) mass is 478 g/mol. The van der Waals surface area contributed by atoms with Crippen molar-refractivity contribution in [2.45, 2.75) is 88.8 Å². The van der Waals surface area contributed by atoms with Gasteiger partial charge in [-0.2, -0.15) is 0 Å². The summed E-state index contributed by atoms with van der Waals surface area (Å²) in [6.45, 7) is 2.02. The van der Waals surface area contributed by atoms with Crippen molar-refractivity contribution >= 4 is 43.8 Å². The predicted molar refractivity (Wildman–Crippen MR) is 110 cm³/mol. The lowest BCUT2D eigenvalue weighted by molar-refractivity contribution is -0.152. The summed E-state index contributed by atoms with van der Waals surface area (Å²) in [6.07, 6.45) is 16.4. The molecular weight excluding hydrogens is 448 g/mol. The molecule has 1 fully saturated rings. The summed E-state index contributed by atoms with van der Waals surface area (Å²) in [6, 6.07) is 0. The Hall–Kier alpha value is -0.160. The van der Waals surface area contributed by atoms with Crippen LogP contribution in [0.1, 0.15) is 84.0 Å². The molecule has 0 aromatic heterocycles. The summed E-state index contributed by atoms with van der Waals surface area (Å²) in [5.41, 5.74) is 1.13. The van der Waals surface area contributed by atoms with Crippen LogP contribution in [0.25, 0.3) is 0 Å². The van der Waals surface area contributed by atoms with Gasteiger partial charge in [0, 0.05) is 10.2 Å². The third-order valence-corrected chi connectivity index (χ3v) is 6.44. The SMILES string of the molecule is CC(=CC1CC(=O)OC1=O)C(Br)CCCCCCCCCCCCBr. The van der Waals surface area contributed by atoms with E-state index in [-0.39, 0.29) is 17.2 Å². The number of ether oxygens (including phenoxy) is 1. The molecule has 25 heavy (non-hydrogen) atoms. The van der Waals surface area contributed by atoms with Gasteiger partial charge < -0.3 is 4.74 Å². The highest BCUT2D eigenvalue weighted by atomic mass is 79.9. The molecule has 3 nitrogen and oxygen atoms in total. The van der Waals surface area contributed by atoms with E-state index in [9.17, 15) is 9.59 Å². The topological polar surface area (TPSA) is 43.4 Å². The molecule has 0 spiro atoms. The van der Waals surface area contributed by atoms with Crippen molar-refractivity contribution in [3.05, 3.63) is 11.6 Å². The first-order valence-corrected chi connectivity index (χ1v) is 11.7. The average molecular weight is 480 g/mol. The number of alkyl halides is 2. The minimum atomic E-state index is -0.409. The fourth-order valence-electron chi connectivity index (χ4n) is 3.10. The van der Waals surface area contributed by atoms with Crippen LogP contribution in [0.2, 0.25) is 0 Å². The number of carbonyl (C=O) groups excluding carboxylic acids is 2. The van der Waals surface area contributed by atoms with Crippen LogP contribution in [0.15, 0.2) is 11.6 Å². The summed E-state index contributed by atoms with van der Waals surface area (Å²) >= 11 is 7.17. The van der Waals surface area contributed by atoms with Gasteiger partial charge in [-0.25, -0.2) is 0 Å². The van der Waals surface area contributed by atoms with E-state index < -0.39 is 11.9 Å². The van der Waals surface area contributed by atoms with Gasteiger partial charge in [0.2, 0.25) is 0 Å². The number of hydrogen-bond acceptors (Lipinski definition) is 3. The molecule has 0 saturated carbocycles. The van der Waals surface area contributed by atoms with E-state index in [2.05, 4.69) is 36.6 Å². The number of halogens is 2. The second-order valence-corrected chi connectivity index (χ2v) is 8.89. The van der Waals surface area contributed by atoms with Gasteiger partial charge in [0.1, 0.15) is 0 Å². The zero-order chi connectivity index (χ0) is 18.5. The van der Waals surface area contributed by atoms with Crippen molar-refractivity contribution in [3.63, 3.8) is 0 Å². The maximum atomic E-state index is 11.5. The van der Waals surface area contributed by atoms with E-state index in [0.717, 1.165) is 17.3 Å². The fourth-order valence-corrected chi connectivity index (χ4v) is 3.97. The molecule has 1 aliphatic heterocycles. The van der Waals surface area contributed by atoms with Crippen molar-refractivity contribution < 1.29 is 14.3 Å². The first kappa shape index (κ1) is 22.9. The van der Waals surface area contributed by atoms with E-state index >= 15 is 0 Å². The Morgan fingerprint density at radius 3 is 2.04 bits per heavy atom. The molecule has 0 aliphatic carbocycles. The standard InChI is InChI=1S/C20H32Br2O3/c1-16(14-17-15-19(23)25-20(17)24)18(22)12-10-8-6-4-2-3-5-7-9-11-13-21/h14,17-18H,2-13,15H2,1H3. The lowest BCUT2D eigenvalue weighted by atomic mass is 10.00. The second kappa shape index (κ2) is 14.0. The molecule has 144 valence electrons. The highest BCUT2D eigenvalue weighted by Gasteiger charge is 2.31. The zero-order valence-corrected chi connectivity index (χ0v) is 18.6. The normalized spacial score (nSPS) is 19.3. The van der Waals surface area contributed by atoms with Gasteiger partial charge in [-0.15, -0.1) is 0 Å². The van der Waals surface area contributed by atoms with Gasteiger partial charge in [-0.1, -0.05) is 101 Å². The average Bonchev–Trinajstić information content (AvgIpc) is 2.89. The van der Waals surface area contributed by atoms with E-state index in [0.29, 0.717) is 0 Å². The number of allylic oxidation sites excluding steroid dienone is 1. The predicted octanol–water partition coefficient (Wildman–Crippen LogP) is 6.47. The van der Waals surface area contributed by atoms with Crippen molar-refractivity contribution in [2.75, 3.05) is 5.33 Å². The van der Waals surface area contributed by atoms with Crippen LogP contribution < -0.4 is 0 Å². The number of carbonyl (C=O) groups is 2. The Labute approximate surface area is 169 Å². The maximum Gasteiger partial charge on any atom is 0.321 e. The maximum absolute atomic E-state index is 11.5. The molecule has 0 N–H and O–H groups in total. The van der Waals surface area contributed by atoms with Crippen LogP contribution in [0.4, 0.5) is 0 Å². The number of esters is 2. The number of rotatable bonds is 14. The van der Waals surface area contributed by atoms with Crippen LogP contribution in [0, 0.1) is 5.92 Å². The molecule has 5 heteroatoms. The number of unbranched alkanes of at least 4 members (excludes halogenated alkanes) is 9. The zero-order valence-electron chi connectivity index (χ0n) is 15.4. The van der Waals surface area contributed by atoms with Crippen molar-refractivity contribution in [2.24, 2.45) is 5.92 Å². The van der Waals surface area contributed by atoms with Crippen molar-refractivity contribution in [1.29, 1.82) is 0 Å². The van der Waals surface area contributed by atoms with Crippen LogP contribution in [-0.2, 0) is 14.3 Å². The Kier molecular flexibility index (Phi) is 12.8. The molecule has 0 radical (unpaired) electrons. The van der Waals surface area contributed by atoms with Gasteiger partial charge in [0.05, 0.1) is 12.3 Å². The van der Waals surface area contributed by atoms with Gasteiger partial charge in [0.25, 0.3) is 0 Å². The van der Waals surface area contributed by atoms with E-state index in [4.69, 9.17) is 0 Å². The summed E-state index contributed by atoms with van der Waals surface area (Å²) < 4.78 is 4.59. The Balaban J connectivity index is 2.02. The van der Waals surface area contributed by atoms with Gasteiger partial charge in [-0.3, -0.25) is 9.59 Å². The first-order chi connectivity index (χ1) is 12.0. The molecule has 0 aromatic rings. The van der Waals surface area contributed by atoms with Crippen LogP contribution >= 0.6 is 31.9 Å². The van der Waals surface area contributed by atoms with Crippen molar-refractivity contribution in [1.82, 2.24) is 0 Å². The molecule has 2 unspecified atom stereocenters. The fraction of sp³-hybridized carbons (Fsp3) is 0.800. The molecule has 1 heterocycles. The third-order valence-electron chi connectivity index (χ3n) is 4.70. The molecule has 1 aliphatic rings. The van der Waals surface area contributed by atoms with Crippen molar-refractivity contribution in [3.8, 4) is 0 Å². The highest BCUT2D eigenvalue weighted by molar-refractivity contribution is 9.09. The molecule has 1 rings (SSSR count). The minimum absolute atomic E-state index is 0.187. The highest BCUT2D eigenvalue weighted by Crippen LogP contribution is 2.25. The summed E-state index contributed by atoms with van der Waals surface area (Å²) in [5.74, 6) is -1.20. The van der Waals surface area contributed by atoms with Crippen LogP contribution in [0.3, 0.4) is 0 Å². The van der Waals surface area contributed by atoms with Crippen LogP contribution in [0.5, 0.6) is 0 Å². The summed E-state index contributed by atoms with van der Waals surface area (Å²) in [5, 5.41) is 1.14. The molecule has 0 amide bonds. The van der Waals surface area contributed by atoms with E-state index in [1.807, 2.05) is 13.0 Å². The lowest BCUT2D eigenvalue weighted by Crippen LogP contribution is -2.08. The summed E-state index contributed by atoms with van der Waals surface area (Å²) in [4.78, 5) is 22.9. The largest absolute Gasteiger partial charge is 0.393 e. The smallest absolute Gasteiger partial charge is 0.321 e. The second-order valence-electron chi connectivity index (χ2n) is 7.00. The number of hydrogen-bond donors (Lipinski definition) is 0. The Morgan fingerprint density at radius 1 is 1.04 bits per heavy atom. The number of cyclic esters (lactones) is 2. The molecule has 0 aromatic carbocycles. The Morgan fingerprint density at radius 2 is 1.56 bits per heavy atom. The van der Waals surface area contributed by atoms with Gasteiger partial charge >= 0.3 is 11.9 Å². The Bertz CT molecular complexity index is 435. The van der Waals surface area contributed by atoms with Gasteiger partial charge in [0.15, 0.2) is 0 Å². The van der Waals surface area contributed by atoms with E-state index in [1.165, 1.54) is 64.2 Å². The first-order valence-electron chi connectivity index (χ1n) is 9.67. The summed E-state index contributed by atoms with van der Waals surface area (Å²) in [7, 11) is 0. The molecule has 0 bridgehead atoms. The third kappa shape index (κ3) is 10.5. The molecule has 2 atom stereocenters. The molecular formula is C20H32Br2O3. The molecule has 1 saturated heterocycles. The lowest BCUT2D eigenvalue weighted by Gasteiger charge is -2.11.